The number of aromatic nitrogens is 1. The van der Waals surface area contributed by atoms with Crippen LogP contribution in [0, 0.1) is 13.8 Å². The van der Waals surface area contributed by atoms with Crippen LogP contribution in [0.2, 0.25) is 0 Å². The second-order valence-electron chi connectivity index (χ2n) is 13.5. The lowest BCUT2D eigenvalue weighted by Gasteiger charge is -2.34. The van der Waals surface area contributed by atoms with Crippen LogP contribution >= 0.6 is 0 Å². The second-order valence-corrected chi connectivity index (χ2v) is 13.5. The zero-order chi connectivity index (χ0) is 32.3. The Morgan fingerprint density at radius 3 is 2.38 bits per heavy atom. The lowest BCUT2D eigenvalue weighted by molar-refractivity contribution is 0.0638. The average molecular weight is 633 g/mol. The molecule has 0 radical (unpaired) electrons. The first-order valence-corrected chi connectivity index (χ1v) is 17.3. The van der Waals surface area contributed by atoms with Crippen molar-refractivity contribution in [2.75, 3.05) is 77.8 Å². The molecule has 7 rings (SSSR count). The number of likely N-dealkylation sites (N-methyl/N-ethyl adjacent to an activating group) is 1. The summed E-state index contributed by atoms with van der Waals surface area (Å²) in [7, 11) is 2.21. The average Bonchev–Trinajstić information content (AvgIpc) is 3.66. The van der Waals surface area contributed by atoms with Crippen LogP contribution in [-0.2, 0) is 13.0 Å². The highest BCUT2D eigenvalue weighted by Crippen LogP contribution is 2.30. The molecule has 8 nitrogen and oxygen atoms in total. The maximum atomic E-state index is 13.5. The van der Waals surface area contributed by atoms with E-state index in [-0.39, 0.29) is 5.91 Å². The van der Waals surface area contributed by atoms with Gasteiger partial charge in [-0.15, -0.1) is 0 Å². The van der Waals surface area contributed by atoms with Crippen LogP contribution in [0.3, 0.4) is 0 Å². The number of nitrogens with zero attached hydrogens (tertiary/aromatic N) is 5. The number of amides is 1. The Morgan fingerprint density at radius 1 is 0.787 bits per heavy atom. The highest BCUT2D eigenvalue weighted by atomic mass is 16.3. The third kappa shape index (κ3) is 7.10. The Kier molecular flexibility index (Phi) is 9.34. The lowest BCUT2D eigenvalue weighted by Crippen LogP contribution is -2.49. The van der Waals surface area contributed by atoms with Gasteiger partial charge in [-0.3, -0.25) is 9.69 Å². The molecule has 0 atom stereocenters. The van der Waals surface area contributed by atoms with E-state index in [1.165, 1.54) is 53.9 Å². The fourth-order valence-electron chi connectivity index (χ4n) is 7.25. The molecule has 0 unspecified atom stereocenters. The topological polar surface area (TPSA) is 60.1 Å². The van der Waals surface area contributed by atoms with E-state index in [2.05, 4.69) is 81.9 Å². The molecule has 2 aliphatic rings. The maximum Gasteiger partial charge on any atom is 0.254 e. The Hall–Kier alpha value is -4.11. The van der Waals surface area contributed by atoms with Gasteiger partial charge in [0.2, 0.25) is 0 Å². The first kappa shape index (κ1) is 31.5. The van der Waals surface area contributed by atoms with E-state index >= 15 is 0 Å². The fourth-order valence-corrected chi connectivity index (χ4v) is 7.25. The Morgan fingerprint density at radius 2 is 1.55 bits per heavy atom. The number of aryl methyl sites for hydroxylation is 2. The summed E-state index contributed by atoms with van der Waals surface area (Å²) in [6.07, 6.45) is 3.90. The van der Waals surface area contributed by atoms with Crippen LogP contribution < -0.4 is 5.32 Å². The molecule has 2 saturated heterocycles. The molecule has 1 amide bonds. The van der Waals surface area contributed by atoms with E-state index in [0.29, 0.717) is 0 Å². The van der Waals surface area contributed by atoms with E-state index in [1.54, 1.807) is 6.26 Å². The number of fused-ring (bicyclic) bond motifs is 2. The minimum absolute atomic E-state index is 0.106. The fraction of sp³-hybridized carbons (Fsp3) is 0.410. The van der Waals surface area contributed by atoms with Crippen molar-refractivity contribution >= 4 is 39.2 Å². The van der Waals surface area contributed by atoms with Crippen molar-refractivity contribution in [1.29, 1.82) is 0 Å². The number of carbonyl (C=O) groups is 1. The van der Waals surface area contributed by atoms with Crippen molar-refractivity contribution < 1.29 is 9.21 Å². The highest BCUT2D eigenvalue weighted by Gasteiger charge is 2.22. The van der Waals surface area contributed by atoms with Crippen LogP contribution in [-0.4, -0.2) is 103 Å². The molecule has 246 valence electrons. The van der Waals surface area contributed by atoms with E-state index in [9.17, 15) is 4.79 Å². The van der Waals surface area contributed by atoms with Gasteiger partial charge < -0.3 is 29.0 Å². The summed E-state index contributed by atoms with van der Waals surface area (Å²) in [5.74, 6) is 0.106. The molecule has 8 heteroatoms. The minimum atomic E-state index is 0.106. The van der Waals surface area contributed by atoms with Crippen LogP contribution in [0.15, 0.2) is 77.4 Å². The molecule has 4 heterocycles. The summed E-state index contributed by atoms with van der Waals surface area (Å²) in [6.45, 7) is 15.6. The third-order valence-corrected chi connectivity index (χ3v) is 10.4. The molecule has 5 aromatic rings. The molecular weight excluding hydrogens is 584 g/mol. The van der Waals surface area contributed by atoms with Crippen LogP contribution in [0.4, 0.5) is 11.4 Å². The first-order valence-electron chi connectivity index (χ1n) is 17.3. The smallest absolute Gasteiger partial charge is 0.254 e. The Balaban J connectivity index is 0.936. The number of carbonyl (C=O) groups excluding carboxylic acids is 1. The molecule has 2 fully saturated rings. The van der Waals surface area contributed by atoms with Crippen molar-refractivity contribution in [2.45, 2.75) is 33.2 Å². The largest absolute Gasteiger partial charge is 0.464 e. The zero-order valence-electron chi connectivity index (χ0n) is 28.2. The van der Waals surface area contributed by atoms with E-state index in [1.807, 2.05) is 35.2 Å². The maximum absolute atomic E-state index is 13.5. The normalized spacial score (nSPS) is 16.8. The van der Waals surface area contributed by atoms with Crippen LogP contribution in [0.5, 0.6) is 0 Å². The number of rotatable bonds is 10. The summed E-state index contributed by atoms with van der Waals surface area (Å²) < 4.78 is 7.96. The quantitative estimate of drug-likeness (QED) is 0.193. The second kappa shape index (κ2) is 13.9. The molecule has 1 N–H and O–H groups in total. The first-order chi connectivity index (χ1) is 22.9. The number of furan rings is 1. The SMILES string of the molecule is Cc1c(C)n(CCCN2CCN(C)CC2)c2ccc(Nc3cccc(C(=O)N4CCN(CCc5ccc6occc6c5)CC4)c3)cc12. The van der Waals surface area contributed by atoms with Crippen molar-refractivity contribution in [1.82, 2.24) is 24.2 Å². The monoisotopic (exact) mass is 632 g/mol. The predicted molar refractivity (Wildman–Crippen MR) is 192 cm³/mol. The molecular formula is C39H48N6O2. The molecule has 0 bridgehead atoms. The molecule has 2 aliphatic heterocycles. The van der Waals surface area contributed by atoms with Gasteiger partial charge >= 0.3 is 0 Å². The number of hydrogen-bond acceptors (Lipinski definition) is 6. The zero-order valence-corrected chi connectivity index (χ0v) is 28.2. The van der Waals surface area contributed by atoms with Gasteiger partial charge in [0.05, 0.1) is 6.26 Å². The molecule has 3 aromatic carbocycles. The molecule has 0 aliphatic carbocycles. The van der Waals surface area contributed by atoms with E-state index in [4.69, 9.17) is 4.42 Å². The third-order valence-electron chi connectivity index (χ3n) is 10.4. The van der Waals surface area contributed by atoms with Crippen molar-refractivity contribution in [3.05, 3.63) is 95.4 Å². The van der Waals surface area contributed by atoms with Gasteiger partial charge in [-0.1, -0.05) is 12.1 Å². The molecule has 2 aromatic heterocycles. The van der Waals surface area contributed by atoms with Gasteiger partial charge in [-0.2, -0.15) is 0 Å². The van der Waals surface area contributed by atoms with Gasteiger partial charge in [-0.25, -0.2) is 0 Å². The van der Waals surface area contributed by atoms with Crippen molar-refractivity contribution in [2.24, 2.45) is 0 Å². The van der Waals surface area contributed by atoms with Crippen LogP contribution in [0.25, 0.3) is 21.9 Å². The minimum Gasteiger partial charge on any atom is -0.464 e. The summed E-state index contributed by atoms with van der Waals surface area (Å²) in [5.41, 5.74) is 8.95. The Labute approximate surface area is 278 Å². The van der Waals surface area contributed by atoms with Crippen molar-refractivity contribution in [3.63, 3.8) is 0 Å². The molecule has 0 spiro atoms. The number of hydrogen-bond donors (Lipinski definition) is 1. The summed E-state index contributed by atoms with van der Waals surface area (Å²) in [5, 5.41) is 6.03. The lowest BCUT2D eigenvalue weighted by atomic mass is 10.1. The molecule has 47 heavy (non-hydrogen) atoms. The summed E-state index contributed by atoms with van der Waals surface area (Å²) >= 11 is 0. The van der Waals surface area contributed by atoms with Crippen molar-refractivity contribution in [3.8, 4) is 0 Å². The number of anilines is 2. The Bertz CT molecular complexity index is 1840. The van der Waals surface area contributed by atoms with Gasteiger partial charge in [0.15, 0.2) is 0 Å². The van der Waals surface area contributed by atoms with Gasteiger partial charge in [0, 0.05) is 104 Å². The summed E-state index contributed by atoms with van der Waals surface area (Å²) in [6, 6.07) is 23.1. The van der Waals surface area contributed by atoms with Crippen LogP contribution in [0.1, 0.15) is 33.6 Å². The number of nitrogens with one attached hydrogen (secondary N) is 1. The van der Waals surface area contributed by atoms with E-state index in [0.717, 1.165) is 86.6 Å². The van der Waals surface area contributed by atoms with Gasteiger partial charge in [0.25, 0.3) is 5.91 Å². The molecule has 0 saturated carbocycles. The van der Waals surface area contributed by atoms with E-state index < -0.39 is 0 Å². The predicted octanol–water partition coefficient (Wildman–Crippen LogP) is 6.39. The number of piperazine rings is 2. The standard InChI is InChI=1S/C39H48N6O2/c1-29-30(2)45(15-5-14-42-19-17-41(3)18-20-42)37-10-9-35(28-36(29)37)40-34-7-4-6-33(27-34)39(46)44-23-21-43(22-24-44)16-12-31-8-11-38-32(26-31)13-25-47-38/h4,6-11,13,25-28,40H,5,12,14-24H2,1-3H3. The van der Waals surface area contributed by atoms with Gasteiger partial charge in [-0.05, 0) is 106 Å². The summed E-state index contributed by atoms with van der Waals surface area (Å²) in [4.78, 5) is 23.0. The van der Waals surface area contributed by atoms with Gasteiger partial charge in [0.1, 0.15) is 5.58 Å². The highest BCUT2D eigenvalue weighted by molar-refractivity contribution is 5.95. The number of benzene rings is 3.